The summed E-state index contributed by atoms with van der Waals surface area (Å²) in [5.74, 6) is 0.851. The standard InChI is InChI=1S/C15H17NO2S/c1-3-15(17)14-9-8-13(10-16-14)19-12-6-4-11(18-2)5-7-12/h4-10,15,17H,3H2,1-2H3. The van der Waals surface area contributed by atoms with Gasteiger partial charge in [0.25, 0.3) is 0 Å². The normalized spacial score (nSPS) is 12.2. The molecule has 0 saturated heterocycles. The number of hydrogen-bond acceptors (Lipinski definition) is 4. The lowest BCUT2D eigenvalue weighted by Gasteiger charge is -2.08. The lowest BCUT2D eigenvalue weighted by molar-refractivity contribution is 0.169. The van der Waals surface area contributed by atoms with Gasteiger partial charge in [-0.05, 0) is 42.8 Å². The summed E-state index contributed by atoms with van der Waals surface area (Å²) in [5.41, 5.74) is 0.724. The van der Waals surface area contributed by atoms with E-state index in [-0.39, 0.29) is 0 Å². The maximum atomic E-state index is 9.68. The summed E-state index contributed by atoms with van der Waals surface area (Å²) in [6, 6.07) is 11.8. The zero-order valence-electron chi connectivity index (χ0n) is 11.0. The van der Waals surface area contributed by atoms with Crippen LogP contribution >= 0.6 is 11.8 Å². The molecule has 0 bridgehead atoms. The van der Waals surface area contributed by atoms with Crippen LogP contribution in [0.25, 0.3) is 0 Å². The van der Waals surface area contributed by atoms with Gasteiger partial charge in [0.15, 0.2) is 0 Å². The van der Waals surface area contributed by atoms with E-state index >= 15 is 0 Å². The molecule has 2 aromatic rings. The van der Waals surface area contributed by atoms with Crippen molar-refractivity contribution in [2.45, 2.75) is 29.2 Å². The van der Waals surface area contributed by atoms with E-state index in [1.807, 2.05) is 43.3 Å². The van der Waals surface area contributed by atoms with Crippen LogP contribution in [-0.4, -0.2) is 17.2 Å². The first-order valence-corrected chi connectivity index (χ1v) is 7.00. The molecule has 0 amide bonds. The number of benzene rings is 1. The van der Waals surface area contributed by atoms with Crippen molar-refractivity contribution in [2.24, 2.45) is 0 Å². The fourth-order valence-corrected chi connectivity index (χ4v) is 2.42. The van der Waals surface area contributed by atoms with E-state index < -0.39 is 6.10 Å². The highest BCUT2D eigenvalue weighted by Crippen LogP contribution is 2.29. The summed E-state index contributed by atoms with van der Waals surface area (Å²) in [5, 5.41) is 9.68. The third-order valence-corrected chi connectivity index (χ3v) is 3.77. The number of rotatable bonds is 5. The van der Waals surface area contributed by atoms with Crippen LogP contribution in [0.2, 0.25) is 0 Å². The molecule has 4 heteroatoms. The zero-order valence-corrected chi connectivity index (χ0v) is 11.9. The number of nitrogens with zero attached hydrogens (tertiary/aromatic N) is 1. The number of aliphatic hydroxyl groups excluding tert-OH is 1. The van der Waals surface area contributed by atoms with Crippen molar-refractivity contribution < 1.29 is 9.84 Å². The van der Waals surface area contributed by atoms with Crippen molar-refractivity contribution >= 4 is 11.8 Å². The minimum Gasteiger partial charge on any atom is -0.497 e. The van der Waals surface area contributed by atoms with Crippen LogP contribution in [0.3, 0.4) is 0 Å². The fraction of sp³-hybridized carbons (Fsp3) is 0.267. The highest BCUT2D eigenvalue weighted by atomic mass is 32.2. The highest BCUT2D eigenvalue weighted by molar-refractivity contribution is 7.99. The Bertz CT molecular complexity index is 511. The van der Waals surface area contributed by atoms with E-state index in [0.29, 0.717) is 6.42 Å². The molecule has 0 radical (unpaired) electrons. The van der Waals surface area contributed by atoms with Crippen molar-refractivity contribution in [3.05, 3.63) is 48.3 Å². The minimum absolute atomic E-state index is 0.472. The van der Waals surface area contributed by atoms with E-state index in [4.69, 9.17) is 4.74 Å². The molecular formula is C15H17NO2S. The Balaban J connectivity index is 2.06. The number of methoxy groups -OCH3 is 1. The molecule has 1 aromatic heterocycles. The molecule has 0 saturated carbocycles. The Morgan fingerprint density at radius 2 is 1.84 bits per heavy atom. The maximum absolute atomic E-state index is 9.68. The fourth-order valence-electron chi connectivity index (χ4n) is 1.64. The Kier molecular flexibility index (Phi) is 4.82. The first-order valence-electron chi connectivity index (χ1n) is 6.19. The summed E-state index contributed by atoms with van der Waals surface area (Å²) in [6.07, 6.45) is 2.00. The second-order valence-electron chi connectivity index (χ2n) is 4.12. The van der Waals surface area contributed by atoms with Gasteiger partial charge in [-0.15, -0.1) is 0 Å². The largest absolute Gasteiger partial charge is 0.497 e. The van der Waals surface area contributed by atoms with Crippen LogP contribution < -0.4 is 4.74 Å². The SMILES string of the molecule is CCC(O)c1ccc(Sc2ccc(OC)cc2)cn1. The third-order valence-electron chi connectivity index (χ3n) is 2.78. The number of pyridine rings is 1. The lowest BCUT2D eigenvalue weighted by atomic mass is 10.2. The second-order valence-corrected chi connectivity index (χ2v) is 5.27. The highest BCUT2D eigenvalue weighted by Gasteiger charge is 2.06. The average Bonchev–Trinajstić information content (AvgIpc) is 2.48. The molecule has 1 aromatic carbocycles. The first kappa shape index (κ1) is 13.9. The van der Waals surface area contributed by atoms with Crippen LogP contribution in [0.15, 0.2) is 52.4 Å². The van der Waals surface area contributed by atoms with Gasteiger partial charge in [0.05, 0.1) is 18.9 Å². The van der Waals surface area contributed by atoms with Gasteiger partial charge >= 0.3 is 0 Å². The third kappa shape index (κ3) is 3.72. The second kappa shape index (κ2) is 6.59. The Labute approximate surface area is 117 Å². The molecular weight excluding hydrogens is 258 g/mol. The maximum Gasteiger partial charge on any atom is 0.118 e. The Morgan fingerprint density at radius 1 is 1.16 bits per heavy atom. The van der Waals surface area contributed by atoms with Crippen molar-refractivity contribution in [1.29, 1.82) is 0 Å². The van der Waals surface area contributed by atoms with Crippen LogP contribution in [0, 0.1) is 0 Å². The molecule has 0 spiro atoms. The summed E-state index contributed by atoms with van der Waals surface area (Å²) in [6.45, 7) is 1.94. The Morgan fingerprint density at radius 3 is 2.37 bits per heavy atom. The van der Waals surface area contributed by atoms with Crippen molar-refractivity contribution in [2.75, 3.05) is 7.11 Å². The number of aromatic nitrogens is 1. The number of aliphatic hydroxyl groups is 1. The molecule has 100 valence electrons. The summed E-state index contributed by atoms with van der Waals surface area (Å²) < 4.78 is 5.12. The molecule has 0 aliphatic rings. The summed E-state index contributed by atoms with van der Waals surface area (Å²) in [4.78, 5) is 6.47. The molecule has 1 heterocycles. The van der Waals surface area contributed by atoms with Gasteiger partial charge in [-0.1, -0.05) is 18.7 Å². The van der Waals surface area contributed by atoms with E-state index in [9.17, 15) is 5.11 Å². The van der Waals surface area contributed by atoms with Gasteiger partial charge in [0.1, 0.15) is 5.75 Å². The van der Waals surface area contributed by atoms with E-state index in [2.05, 4.69) is 4.98 Å². The van der Waals surface area contributed by atoms with Crippen LogP contribution in [0.4, 0.5) is 0 Å². The van der Waals surface area contributed by atoms with Gasteiger partial charge < -0.3 is 9.84 Å². The average molecular weight is 275 g/mol. The van der Waals surface area contributed by atoms with Gasteiger partial charge in [0, 0.05) is 16.0 Å². The van der Waals surface area contributed by atoms with Gasteiger partial charge in [-0.2, -0.15) is 0 Å². The van der Waals surface area contributed by atoms with E-state index in [1.54, 1.807) is 25.1 Å². The summed E-state index contributed by atoms with van der Waals surface area (Å²) >= 11 is 1.64. The van der Waals surface area contributed by atoms with E-state index in [0.717, 1.165) is 21.2 Å². The minimum atomic E-state index is -0.472. The lowest BCUT2D eigenvalue weighted by Crippen LogP contribution is -1.97. The molecule has 1 N–H and O–H groups in total. The predicted octanol–water partition coefficient (Wildman–Crippen LogP) is 3.68. The van der Waals surface area contributed by atoms with E-state index in [1.165, 1.54) is 0 Å². The van der Waals surface area contributed by atoms with Crippen LogP contribution in [0.5, 0.6) is 5.75 Å². The molecule has 0 aliphatic heterocycles. The van der Waals surface area contributed by atoms with Crippen LogP contribution in [-0.2, 0) is 0 Å². The smallest absolute Gasteiger partial charge is 0.118 e. The van der Waals surface area contributed by atoms with Crippen molar-refractivity contribution in [1.82, 2.24) is 4.98 Å². The molecule has 2 rings (SSSR count). The molecule has 1 atom stereocenters. The van der Waals surface area contributed by atoms with Crippen molar-refractivity contribution in [3.8, 4) is 5.75 Å². The predicted molar refractivity (Wildman–Crippen MR) is 76.6 cm³/mol. The van der Waals surface area contributed by atoms with Gasteiger partial charge in [0.2, 0.25) is 0 Å². The monoisotopic (exact) mass is 275 g/mol. The molecule has 1 unspecified atom stereocenters. The molecule has 0 aliphatic carbocycles. The number of hydrogen-bond donors (Lipinski definition) is 1. The number of ether oxygens (including phenoxy) is 1. The topological polar surface area (TPSA) is 42.4 Å². The molecule has 19 heavy (non-hydrogen) atoms. The molecule has 0 fully saturated rings. The first-order chi connectivity index (χ1) is 9.22. The zero-order chi connectivity index (χ0) is 13.7. The summed E-state index contributed by atoms with van der Waals surface area (Å²) in [7, 11) is 1.66. The quantitative estimate of drug-likeness (QED) is 0.903. The van der Waals surface area contributed by atoms with Gasteiger partial charge in [-0.25, -0.2) is 0 Å². The van der Waals surface area contributed by atoms with Gasteiger partial charge in [-0.3, -0.25) is 4.98 Å². The Hall–Kier alpha value is -1.52. The van der Waals surface area contributed by atoms with Crippen LogP contribution in [0.1, 0.15) is 25.1 Å². The van der Waals surface area contributed by atoms with Crippen molar-refractivity contribution in [3.63, 3.8) is 0 Å². The molecule has 3 nitrogen and oxygen atoms in total.